The first-order valence-corrected chi connectivity index (χ1v) is 12.6. The highest BCUT2D eigenvalue weighted by Gasteiger charge is 2.44. The number of carbonyl (C=O) groups is 3. The van der Waals surface area contributed by atoms with Crippen LogP contribution in [0.4, 0.5) is 4.79 Å². The van der Waals surface area contributed by atoms with Crippen molar-refractivity contribution in [2.24, 2.45) is 0 Å². The standard InChI is InChI=1S/C26H31N3O3.C2H7N/c30-17-16-23-19-28(18-20-10-4-1-5-11-20)25(31)24(21-12-6-2-7-13-21)29(23)26(32)27-22-14-8-3-9-15-22;1-3-2/h1-2,4-7,10-13,17,22-24H,3,8-9,14-16,18-19H2,(H,27,32);3H,1-2H3. The number of aldehydes is 1. The lowest BCUT2D eigenvalue weighted by Crippen LogP contribution is -2.62. The van der Waals surface area contributed by atoms with Crippen LogP contribution in [0.3, 0.4) is 0 Å². The van der Waals surface area contributed by atoms with Crippen LogP contribution in [0.15, 0.2) is 60.7 Å². The van der Waals surface area contributed by atoms with E-state index in [0.717, 1.165) is 43.1 Å². The first-order chi connectivity index (χ1) is 17.1. The van der Waals surface area contributed by atoms with Crippen molar-refractivity contribution in [2.45, 2.75) is 63.2 Å². The van der Waals surface area contributed by atoms with Crippen molar-refractivity contribution in [3.63, 3.8) is 0 Å². The van der Waals surface area contributed by atoms with Crippen LogP contribution in [-0.4, -0.2) is 60.7 Å². The van der Waals surface area contributed by atoms with Crippen molar-refractivity contribution >= 4 is 18.2 Å². The third-order valence-corrected chi connectivity index (χ3v) is 6.52. The monoisotopic (exact) mass is 478 g/mol. The number of hydrogen-bond acceptors (Lipinski definition) is 4. The Morgan fingerprint density at radius 2 is 1.57 bits per heavy atom. The number of hydrogen-bond donors (Lipinski definition) is 2. The van der Waals surface area contributed by atoms with E-state index in [1.165, 1.54) is 6.42 Å². The van der Waals surface area contributed by atoms with Gasteiger partial charge in [0, 0.05) is 25.6 Å². The Bertz CT molecular complexity index is 932. The fourth-order valence-electron chi connectivity index (χ4n) is 4.90. The lowest BCUT2D eigenvalue weighted by atomic mass is 9.94. The second-order valence-corrected chi connectivity index (χ2v) is 9.27. The van der Waals surface area contributed by atoms with Crippen LogP contribution in [0.2, 0.25) is 0 Å². The average Bonchev–Trinajstić information content (AvgIpc) is 2.88. The van der Waals surface area contributed by atoms with Gasteiger partial charge in [-0.2, -0.15) is 0 Å². The molecule has 2 aromatic carbocycles. The molecule has 0 aromatic heterocycles. The highest BCUT2D eigenvalue weighted by Crippen LogP contribution is 2.32. The van der Waals surface area contributed by atoms with Gasteiger partial charge < -0.3 is 25.2 Å². The molecule has 4 rings (SSSR count). The van der Waals surface area contributed by atoms with Crippen LogP contribution in [0, 0.1) is 0 Å². The molecule has 0 spiro atoms. The SMILES string of the molecule is CNC.O=CCC1CN(Cc2ccccc2)C(=O)C(c2ccccc2)N1C(=O)NC1CCCCC1. The molecule has 1 aliphatic heterocycles. The molecule has 2 unspecified atom stereocenters. The van der Waals surface area contributed by atoms with Gasteiger partial charge in [-0.25, -0.2) is 4.79 Å². The van der Waals surface area contributed by atoms with Gasteiger partial charge >= 0.3 is 6.03 Å². The van der Waals surface area contributed by atoms with Crippen molar-refractivity contribution in [2.75, 3.05) is 20.6 Å². The predicted octanol–water partition coefficient (Wildman–Crippen LogP) is 3.91. The second-order valence-electron chi connectivity index (χ2n) is 9.27. The summed E-state index contributed by atoms with van der Waals surface area (Å²) in [4.78, 5) is 42.1. The van der Waals surface area contributed by atoms with Gasteiger partial charge in [0.15, 0.2) is 0 Å². The van der Waals surface area contributed by atoms with Crippen LogP contribution in [0.1, 0.15) is 55.7 Å². The Labute approximate surface area is 208 Å². The number of piperazine rings is 1. The summed E-state index contributed by atoms with van der Waals surface area (Å²) < 4.78 is 0. The number of nitrogens with zero attached hydrogens (tertiary/aromatic N) is 2. The molecular formula is C28H38N4O3. The molecule has 2 atom stereocenters. The van der Waals surface area contributed by atoms with Crippen LogP contribution in [0.25, 0.3) is 0 Å². The lowest BCUT2D eigenvalue weighted by molar-refractivity contribution is -0.144. The fraction of sp³-hybridized carbons (Fsp3) is 0.464. The summed E-state index contributed by atoms with van der Waals surface area (Å²) in [5, 5.41) is 5.91. The highest BCUT2D eigenvalue weighted by molar-refractivity contribution is 5.90. The molecule has 3 amide bonds. The summed E-state index contributed by atoms with van der Waals surface area (Å²) >= 11 is 0. The van der Waals surface area contributed by atoms with Gasteiger partial charge in [-0.05, 0) is 38.1 Å². The van der Waals surface area contributed by atoms with E-state index in [0.29, 0.717) is 13.1 Å². The molecule has 7 nitrogen and oxygen atoms in total. The molecule has 2 N–H and O–H groups in total. The fourth-order valence-corrected chi connectivity index (χ4v) is 4.90. The molecular weight excluding hydrogens is 440 g/mol. The number of benzene rings is 2. The van der Waals surface area contributed by atoms with Crippen molar-refractivity contribution in [1.29, 1.82) is 0 Å². The molecule has 0 radical (unpaired) electrons. The third-order valence-electron chi connectivity index (χ3n) is 6.52. The topological polar surface area (TPSA) is 81.8 Å². The number of urea groups is 1. The average molecular weight is 479 g/mol. The van der Waals surface area contributed by atoms with Gasteiger partial charge in [-0.15, -0.1) is 0 Å². The van der Waals surface area contributed by atoms with E-state index in [2.05, 4.69) is 10.6 Å². The van der Waals surface area contributed by atoms with E-state index in [1.54, 1.807) is 9.80 Å². The number of nitrogens with one attached hydrogen (secondary N) is 2. The summed E-state index contributed by atoms with van der Waals surface area (Å²) in [7, 11) is 3.75. The molecule has 2 aromatic rings. The maximum Gasteiger partial charge on any atom is 0.318 e. The van der Waals surface area contributed by atoms with Gasteiger partial charge in [-0.1, -0.05) is 79.9 Å². The predicted molar refractivity (Wildman–Crippen MR) is 138 cm³/mol. The molecule has 2 fully saturated rings. The Hall–Kier alpha value is -3.19. The summed E-state index contributed by atoms with van der Waals surface area (Å²) in [5.41, 5.74) is 1.79. The Morgan fingerprint density at radius 1 is 0.971 bits per heavy atom. The van der Waals surface area contributed by atoms with Gasteiger partial charge in [0.1, 0.15) is 12.3 Å². The van der Waals surface area contributed by atoms with Crippen LogP contribution in [0.5, 0.6) is 0 Å². The molecule has 1 aliphatic carbocycles. The minimum atomic E-state index is -0.748. The van der Waals surface area contributed by atoms with E-state index in [9.17, 15) is 14.4 Å². The van der Waals surface area contributed by atoms with E-state index in [-0.39, 0.29) is 30.4 Å². The van der Waals surface area contributed by atoms with Gasteiger partial charge in [0.05, 0.1) is 6.04 Å². The van der Waals surface area contributed by atoms with Crippen molar-refractivity contribution < 1.29 is 14.4 Å². The first kappa shape index (κ1) is 26.4. The molecule has 2 aliphatic rings. The number of carbonyl (C=O) groups excluding carboxylic acids is 3. The Morgan fingerprint density at radius 3 is 2.17 bits per heavy atom. The normalized spacial score (nSPS) is 20.6. The van der Waals surface area contributed by atoms with Crippen molar-refractivity contribution in [3.8, 4) is 0 Å². The summed E-state index contributed by atoms with van der Waals surface area (Å²) in [6, 6.07) is 18.0. The van der Waals surface area contributed by atoms with Crippen molar-refractivity contribution in [3.05, 3.63) is 71.8 Å². The maximum atomic E-state index is 13.7. The molecule has 35 heavy (non-hydrogen) atoms. The zero-order valence-corrected chi connectivity index (χ0v) is 20.9. The zero-order chi connectivity index (χ0) is 25.0. The van der Waals surface area contributed by atoms with Crippen LogP contribution >= 0.6 is 0 Å². The van der Waals surface area contributed by atoms with E-state index in [1.807, 2.05) is 74.8 Å². The molecule has 1 saturated carbocycles. The Balaban J connectivity index is 0.00000108. The Kier molecular flexibility index (Phi) is 10.3. The van der Waals surface area contributed by atoms with Crippen LogP contribution < -0.4 is 10.6 Å². The molecule has 7 heteroatoms. The largest absolute Gasteiger partial charge is 0.335 e. The van der Waals surface area contributed by atoms with Gasteiger partial charge in [-0.3, -0.25) is 4.79 Å². The summed E-state index contributed by atoms with van der Waals surface area (Å²) in [6.45, 7) is 0.796. The quantitative estimate of drug-likeness (QED) is 0.617. The van der Waals surface area contributed by atoms with Gasteiger partial charge in [0.25, 0.3) is 0 Å². The molecule has 188 valence electrons. The second kappa shape index (κ2) is 13.6. The van der Waals surface area contributed by atoms with E-state index < -0.39 is 6.04 Å². The first-order valence-electron chi connectivity index (χ1n) is 12.6. The van der Waals surface area contributed by atoms with Gasteiger partial charge in [0.2, 0.25) is 5.91 Å². The molecule has 0 bridgehead atoms. The summed E-state index contributed by atoms with van der Waals surface area (Å²) in [6.07, 6.45) is 6.38. The minimum absolute atomic E-state index is 0.110. The highest BCUT2D eigenvalue weighted by atomic mass is 16.2. The van der Waals surface area contributed by atoms with Crippen LogP contribution in [-0.2, 0) is 16.1 Å². The zero-order valence-electron chi connectivity index (χ0n) is 20.9. The summed E-state index contributed by atoms with van der Waals surface area (Å²) in [5.74, 6) is -0.110. The molecule has 1 saturated heterocycles. The number of rotatable bonds is 6. The third kappa shape index (κ3) is 7.15. The van der Waals surface area contributed by atoms with E-state index in [4.69, 9.17) is 0 Å². The smallest absolute Gasteiger partial charge is 0.318 e. The minimum Gasteiger partial charge on any atom is -0.335 e. The number of amides is 3. The lowest BCUT2D eigenvalue weighted by Gasteiger charge is -2.46. The van der Waals surface area contributed by atoms with Crippen molar-refractivity contribution in [1.82, 2.24) is 20.4 Å². The van der Waals surface area contributed by atoms with E-state index >= 15 is 0 Å². The molecule has 1 heterocycles. The maximum absolute atomic E-state index is 13.7.